The minimum absolute atomic E-state index is 0.0682. The number of hydrogen-bond acceptors (Lipinski definition) is 4. The summed E-state index contributed by atoms with van der Waals surface area (Å²) in [4.78, 5) is 25.7. The Hall–Kier alpha value is -3.09. The van der Waals surface area contributed by atoms with E-state index in [4.69, 9.17) is 4.74 Å². The van der Waals surface area contributed by atoms with Crippen LogP contribution in [0.4, 0.5) is 21.9 Å². The molecule has 30 heavy (non-hydrogen) atoms. The molecule has 7 nitrogen and oxygen atoms in total. The first kappa shape index (κ1) is 21.6. The minimum Gasteiger partial charge on any atom is -0.497 e. The molecular formula is C23H29N3O4. The summed E-state index contributed by atoms with van der Waals surface area (Å²) in [7, 11) is 1.60. The molecule has 1 fully saturated rings. The SMILES string of the molecule is COc1ccc(N(C(=O)Nc2cccc([N+](=O)[O-])c2)[C@@H](C)C2C(C)(C)C2(C)C)cc1. The van der Waals surface area contributed by atoms with Crippen LogP contribution in [-0.2, 0) is 0 Å². The monoisotopic (exact) mass is 411 g/mol. The summed E-state index contributed by atoms with van der Waals surface area (Å²) in [6.07, 6.45) is 0. The molecule has 2 aromatic carbocycles. The van der Waals surface area contributed by atoms with Crippen LogP contribution < -0.4 is 15.0 Å². The summed E-state index contributed by atoms with van der Waals surface area (Å²) >= 11 is 0. The Morgan fingerprint density at radius 2 is 1.73 bits per heavy atom. The lowest BCUT2D eigenvalue weighted by Crippen LogP contribution is -2.44. The zero-order valence-electron chi connectivity index (χ0n) is 18.3. The highest BCUT2D eigenvalue weighted by Crippen LogP contribution is 2.70. The Balaban J connectivity index is 1.93. The number of urea groups is 1. The first-order chi connectivity index (χ1) is 14.0. The zero-order valence-corrected chi connectivity index (χ0v) is 18.3. The molecule has 0 spiro atoms. The number of nitro benzene ring substituents is 1. The lowest BCUT2D eigenvalue weighted by Gasteiger charge is -2.31. The van der Waals surface area contributed by atoms with Crippen molar-refractivity contribution in [3.8, 4) is 5.75 Å². The van der Waals surface area contributed by atoms with Gasteiger partial charge in [0.15, 0.2) is 0 Å². The Bertz CT molecular complexity index is 939. The molecule has 2 aromatic rings. The maximum absolute atomic E-state index is 13.4. The normalized spacial score (nSPS) is 17.7. The van der Waals surface area contributed by atoms with Gasteiger partial charge < -0.3 is 10.1 Å². The molecule has 0 heterocycles. The van der Waals surface area contributed by atoms with Crippen molar-refractivity contribution in [2.45, 2.75) is 40.7 Å². The summed E-state index contributed by atoms with van der Waals surface area (Å²) in [5, 5.41) is 13.9. The number of nitrogens with one attached hydrogen (secondary N) is 1. The van der Waals surface area contributed by atoms with Crippen LogP contribution in [0.2, 0.25) is 0 Å². The van der Waals surface area contributed by atoms with E-state index in [2.05, 4.69) is 39.9 Å². The van der Waals surface area contributed by atoms with Crippen LogP contribution in [0, 0.1) is 26.9 Å². The van der Waals surface area contributed by atoms with Crippen LogP contribution in [0.1, 0.15) is 34.6 Å². The molecular weight excluding hydrogens is 382 g/mol. The van der Waals surface area contributed by atoms with Gasteiger partial charge in [0.2, 0.25) is 0 Å². The molecule has 1 aliphatic rings. The van der Waals surface area contributed by atoms with E-state index < -0.39 is 4.92 Å². The molecule has 1 saturated carbocycles. The number of ether oxygens (including phenoxy) is 1. The number of rotatable bonds is 6. The average Bonchev–Trinajstić information content (AvgIpc) is 3.10. The number of carbonyl (C=O) groups excluding carboxylic acids is 1. The quantitative estimate of drug-likeness (QED) is 0.487. The highest BCUT2D eigenvalue weighted by Gasteiger charge is 2.67. The highest BCUT2D eigenvalue weighted by atomic mass is 16.6. The van der Waals surface area contributed by atoms with Crippen molar-refractivity contribution >= 4 is 23.1 Å². The molecule has 0 aliphatic heterocycles. The second-order valence-corrected chi connectivity index (χ2v) is 8.97. The topological polar surface area (TPSA) is 84.7 Å². The number of nitrogens with zero attached hydrogens (tertiary/aromatic N) is 2. The summed E-state index contributed by atoms with van der Waals surface area (Å²) in [5.74, 6) is 1.00. The number of benzene rings is 2. The molecule has 0 unspecified atom stereocenters. The number of anilines is 2. The third kappa shape index (κ3) is 3.72. The maximum Gasteiger partial charge on any atom is 0.326 e. The first-order valence-electron chi connectivity index (χ1n) is 9.99. The van der Waals surface area contributed by atoms with Gasteiger partial charge in [-0.05, 0) is 54.0 Å². The van der Waals surface area contributed by atoms with E-state index in [1.165, 1.54) is 12.1 Å². The van der Waals surface area contributed by atoms with Gasteiger partial charge in [-0.3, -0.25) is 15.0 Å². The first-order valence-corrected chi connectivity index (χ1v) is 9.99. The maximum atomic E-state index is 13.4. The van der Waals surface area contributed by atoms with E-state index in [1.807, 2.05) is 24.3 Å². The van der Waals surface area contributed by atoms with E-state index in [9.17, 15) is 14.9 Å². The highest BCUT2D eigenvalue weighted by molar-refractivity contribution is 6.02. The van der Waals surface area contributed by atoms with E-state index >= 15 is 0 Å². The number of non-ortho nitro benzene ring substituents is 1. The van der Waals surface area contributed by atoms with Gasteiger partial charge in [-0.25, -0.2) is 4.79 Å². The van der Waals surface area contributed by atoms with Crippen LogP contribution >= 0.6 is 0 Å². The van der Waals surface area contributed by atoms with Crippen molar-refractivity contribution in [3.63, 3.8) is 0 Å². The number of methoxy groups -OCH3 is 1. The van der Waals surface area contributed by atoms with Gasteiger partial charge >= 0.3 is 6.03 Å². The van der Waals surface area contributed by atoms with Gasteiger partial charge in [0.25, 0.3) is 5.69 Å². The standard InChI is InChI=1S/C23H29N3O4/c1-15(20-22(2,3)23(20,4)5)25(17-10-12-19(30-6)13-11-17)21(27)24-16-8-7-9-18(14-16)26(28)29/h7-15,20H,1-6H3,(H,24,27)/t15-/m0/s1. The molecule has 1 atom stereocenters. The van der Waals surface area contributed by atoms with Crippen molar-refractivity contribution in [2.24, 2.45) is 16.7 Å². The predicted octanol–water partition coefficient (Wildman–Crippen LogP) is 5.71. The fraction of sp³-hybridized carbons (Fsp3) is 0.435. The second kappa shape index (κ2) is 7.63. The van der Waals surface area contributed by atoms with Crippen molar-refractivity contribution < 1.29 is 14.5 Å². The third-order valence-electron chi connectivity index (χ3n) is 6.90. The van der Waals surface area contributed by atoms with Crippen molar-refractivity contribution in [1.29, 1.82) is 0 Å². The van der Waals surface area contributed by atoms with Gasteiger partial charge in [-0.2, -0.15) is 0 Å². The van der Waals surface area contributed by atoms with E-state index in [1.54, 1.807) is 24.1 Å². The molecule has 1 aliphatic carbocycles. The van der Waals surface area contributed by atoms with Crippen LogP contribution in [0.15, 0.2) is 48.5 Å². The van der Waals surface area contributed by atoms with E-state index in [0.717, 1.165) is 5.69 Å². The molecule has 3 rings (SSSR count). The predicted molar refractivity (Wildman–Crippen MR) is 118 cm³/mol. The Morgan fingerprint density at radius 3 is 2.23 bits per heavy atom. The Kier molecular flexibility index (Phi) is 5.50. The summed E-state index contributed by atoms with van der Waals surface area (Å²) in [6, 6.07) is 12.9. The largest absolute Gasteiger partial charge is 0.497 e. The molecule has 0 aromatic heterocycles. The fourth-order valence-electron chi connectivity index (χ4n) is 4.76. The zero-order chi connectivity index (χ0) is 22.3. The van der Waals surface area contributed by atoms with Gasteiger partial charge in [-0.1, -0.05) is 33.8 Å². The molecule has 0 radical (unpaired) electrons. The molecule has 7 heteroatoms. The Labute approximate surface area is 177 Å². The van der Waals surface area contributed by atoms with Gasteiger partial charge in [0.1, 0.15) is 5.75 Å². The Morgan fingerprint density at radius 1 is 1.13 bits per heavy atom. The van der Waals surface area contributed by atoms with Gasteiger partial charge in [0, 0.05) is 29.5 Å². The van der Waals surface area contributed by atoms with Crippen molar-refractivity contribution in [1.82, 2.24) is 0 Å². The van der Waals surface area contributed by atoms with E-state index in [-0.39, 0.29) is 28.6 Å². The van der Waals surface area contributed by atoms with Gasteiger partial charge in [0.05, 0.1) is 12.0 Å². The number of amides is 2. The molecule has 0 saturated heterocycles. The minimum atomic E-state index is -0.477. The lowest BCUT2D eigenvalue weighted by atomic mass is 10.0. The van der Waals surface area contributed by atoms with Crippen LogP contribution in [-0.4, -0.2) is 24.1 Å². The van der Waals surface area contributed by atoms with Crippen LogP contribution in [0.25, 0.3) is 0 Å². The number of nitro groups is 1. The third-order valence-corrected chi connectivity index (χ3v) is 6.90. The van der Waals surface area contributed by atoms with E-state index in [0.29, 0.717) is 17.4 Å². The average molecular weight is 412 g/mol. The summed E-state index contributed by atoms with van der Waals surface area (Å²) in [6.45, 7) is 10.9. The molecule has 0 bridgehead atoms. The van der Waals surface area contributed by atoms with Crippen LogP contribution in [0.3, 0.4) is 0 Å². The molecule has 160 valence electrons. The number of hydrogen-bond donors (Lipinski definition) is 1. The fourth-order valence-corrected chi connectivity index (χ4v) is 4.76. The smallest absolute Gasteiger partial charge is 0.326 e. The van der Waals surface area contributed by atoms with Crippen molar-refractivity contribution in [3.05, 3.63) is 58.6 Å². The summed E-state index contributed by atoms with van der Waals surface area (Å²) in [5.41, 5.74) is 1.23. The van der Waals surface area contributed by atoms with Crippen LogP contribution in [0.5, 0.6) is 5.75 Å². The number of carbonyl (C=O) groups is 1. The second-order valence-electron chi connectivity index (χ2n) is 8.97. The molecule has 1 N–H and O–H groups in total. The van der Waals surface area contributed by atoms with Crippen molar-refractivity contribution in [2.75, 3.05) is 17.3 Å². The van der Waals surface area contributed by atoms with Gasteiger partial charge in [-0.15, -0.1) is 0 Å². The summed E-state index contributed by atoms with van der Waals surface area (Å²) < 4.78 is 5.24. The molecule has 2 amide bonds. The lowest BCUT2D eigenvalue weighted by molar-refractivity contribution is -0.384.